The Bertz CT molecular complexity index is 698. The van der Waals surface area contributed by atoms with E-state index in [4.69, 9.17) is 14.1 Å². The minimum Gasteiger partial charge on any atom is -0.488 e. The van der Waals surface area contributed by atoms with Crippen LogP contribution in [0.15, 0.2) is 30.7 Å². The normalized spacial score (nSPS) is 17.1. The lowest BCUT2D eigenvalue weighted by Gasteiger charge is -2.12. The average Bonchev–Trinajstić information content (AvgIpc) is 3.06. The third-order valence-corrected chi connectivity index (χ3v) is 4.01. The van der Waals surface area contributed by atoms with Gasteiger partial charge < -0.3 is 19.2 Å². The molecule has 0 bridgehead atoms. The molecule has 1 N–H and O–H groups in total. The number of methoxy groups -OCH3 is 1. The van der Waals surface area contributed by atoms with E-state index in [1.165, 1.54) is 0 Å². The first-order valence-electron chi connectivity index (χ1n) is 8.13. The highest BCUT2D eigenvalue weighted by Crippen LogP contribution is 2.33. The van der Waals surface area contributed by atoms with Crippen LogP contribution >= 0.6 is 0 Å². The number of aromatic nitrogens is 2. The van der Waals surface area contributed by atoms with Crippen molar-refractivity contribution in [3.8, 4) is 22.8 Å². The Morgan fingerprint density at radius 2 is 2.12 bits per heavy atom. The molecule has 0 radical (unpaired) electrons. The summed E-state index contributed by atoms with van der Waals surface area (Å²) in [5.41, 5.74) is 2.91. The lowest BCUT2D eigenvalue weighted by atomic mass is 9.80. The third-order valence-electron chi connectivity index (χ3n) is 4.01. The van der Waals surface area contributed by atoms with Gasteiger partial charge in [0.15, 0.2) is 5.75 Å². The van der Waals surface area contributed by atoms with Crippen LogP contribution in [-0.2, 0) is 4.65 Å². The van der Waals surface area contributed by atoms with E-state index in [2.05, 4.69) is 23.0 Å². The molecular formula is C17H21BN2O4. The van der Waals surface area contributed by atoms with Crippen molar-refractivity contribution in [2.45, 2.75) is 25.6 Å². The van der Waals surface area contributed by atoms with Crippen LogP contribution < -0.4 is 9.47 Å². The summed E-state index contributed by atoms with van der Waals surface area (Å²) in [6, 6.07) is 3.98. The average molecular weight is 328 g/mol. The first-order valence-corrected chi connectivity index (χ1v) is 8.13. The van der Waals surface area contributed by atoms with Crippen molar-refractivity contribution in [3.63, 3.8) is 0 Å². The molecule has 0 aliphatic carbocycles. The molecule has 1 fully saturated rings. The number of hydrogen-bond acceptors (Lipinski definition) is 6. The quantitative estimate of drug-likeness (QED) is 0.822. The van der Waals surface area contributed by atoms with E-state index in [0.29, 0.717) is 31.2 Å². The smallest absolute Gasteiger partial charge is 0.454 e. The van der Waals surface area contributed by atoms with E-state index in [1.807, 2.05) is 12.3 Å². The number of rotatable bonds is 6. The van der Waals surface area contributed by atoms with Crippen molar-refractivity contribution in [1.82, 2.24) is 9.97 Å². The van der Waals surface area contributed by atoms with Gasteiger partial charge in [-0.15, -0.1) is 0 Å². The lowest BCUT2D eigenvalue weighted by Crippen LogP contribution is -2.07. The third kappa shape index (κ3) is 3.68. The van der Waals surface area contributed by atoms with Gasteiger partial charge in [0, 0.05) is 42.2 Å². The molecule has 3 rings (SSSR count). The summed E-state index contributed by atoms with van der Waals surface area (Å²) >= 11 is 0. The van der Waals surface area contributed by atoms with Crippen LogP contribution in [0.25, 0.3) is 11.1 Å². The molecule has 3 heterocycles. The van der Waals surface area contributed by atoms with Crippen LogP contribution in [0.2, 0.25) is 6.32 Å². The summed E-state index contributed by atoms with van der Waals surface area (Å²) in [6.45, 7) is 3.17. The van der Waals surface area contributed by atoms with Gasteiger partial charge in [-0.1, -0.05) is 6.92 Å². The first kappa shape index (κ1) is 16.7. The van der Waals surface area contributed by atoms with Gasteiger partial charge in [0.2, 0.25) is 0 Å². The second-order valence-corrected chi connectivity index (χ2v) is 5.81. The van der Waals surface area contributed by atoms with Crippen LogP contribution in [0, 0.1) is 0 Å². The van der Waals surface area contributed by atoms with Crippen molar-refractivity contribution in [2.24, 2.45) is 0 Å². The molecule has 0 saturated carbocycles. The first-order chi connectivity index (χ1) is 11.7. The Morgan fingerprint density at radius 3 is 2.83 bits per heavy atom. The summed E-state index contributed by atoms with van der Waals surface area (Å²) in [7, 11) is 0.893. The van der Waals surface area contributed by atoms with Gasteiger partial charge in [-0.05, 0) is 30.4 Å². The molecule has 2 aromatic heterocycles. The van der Waals surface area contributed by atoms with Crippen LogP contribution in [0.3, 0.4) is 0 Å². The fourth-order valence-electron chi connectivity index (χ4n) is 2.74. The highest BCUT2D eigenvalue weighted by atomic mass is 16.5. The Kier molecular flexibility index (Phi) is 5.32. The molecule has 2 aromatic rings. The second-order valence-electron chi connectivity index (χ2n) is 5.81. The molecule has 1 atom stereocenters. The molecule has 126 valence electrons. The number of ether oxygens (including phenoxy) is 2. The topological polar surface area (TPSA) is 73.7 Å². The summed E-state index contributed by atoms with van der Waals surface area (Å²) in [5, 5.41) is 9.54. The van der Waals surface area contributed by atoms with Gasteiger partial charge in [0.25, 0.3) is 5.88 Å². The number of pyridine rings is 2. The minimum atomic E-state index is -0.685. The van der Waals surface area contributed by atoms with E-state index in [0.717, 1.165) is 23.1 Å². The van der Waals surface area contributed by atoms with Crippen LogP contribution in [0.5, 0.6) is 11.6 Å². The van der Waals surface area contributed by atoms with E-state index >= 15 is 0 Å². The fraction of sp³-hybridized carbons (Fsp3) is 0.412. The summed E-state index contributed by atoms with van der Waals surface area (Å²) in [6.07, 6.45) is 6.87. The molecular weight excluding hydrogens is 307 g/mol. The van der Waals surface area contributed by atoms with Crippen LogP contribution in [0.1, 0.15) is 24.8 Å². The highest BCUT2D eigenvalue weighted by molar-refractivity contribution is 6.43. The van der Waals surface area contributed by atoms with Crippen LogP contribution in [-0.4, -0.2) is 42.4 Å². The van der Waals surface area contributed by atoms with Gasteiger partial charge in [0.05, 0.1) is 13.7 Å². The van der Waals surface area contributed by atoms with Crippen molar-refractivity contribution in [1.29, 1.82) is 0 Å². The number of hydrogen-bond donors (Lipinski definition) is 1. The van der Waals surface area contributed by atoms with E-state index < -0.39 is 7.12 Å². The van der Waals surface area contributed by atoms with E-state index in [1.54, 1.807) is 19.5 Å². The molecule has 24 heavy (non-hydrogen) atoms. The zero-order valence-electron chi connectivity index (χ0n) is 13.9. The maximum atomic E-state index is 9.54. The van der Waals surface area contributed by atoms with Gasteiger partial charge >= 0.3 is 7.12 Å². The Hall–Kier alpha value is -2.12. The molecule has 1 unspecified atom stereocenters. The zero-order chi connectivity index (χ0) is 16.9. The van der Waals surface area contributed by atoms with Crippen LogP contribution in [0.4, 0.5) is 0 Å². The molecule has 6 nitrogen and oxygen atoms in total. The summed E-state index contributed by atoms with van der Waals surface area (Å²) < 4.78 is 16.2. The molecule has 1 aliphatic rings. The molecule has 1 aliphatic heterocycles. The Balaban J connectivity index is 1.88. The maximum Gasteiger partial charge on any atom is 0.454 e. The van der Waals surface area contributed by atoms with Crippen molar-refractivity contribution in [3.05, 3.63) is 36.3 Å². The zero-order valence-corrected chi connectivity index (χ0v) is 13.9. The Labute approximate surface area is 142 Å². The minimum absolute atomic E-state index is 0.162. The SMILES string of the molecule is CCCOc1cc(-c2cncc(C3COB(O)C3)c2)cnc1OC. The lowest BCUT2D eigenvalue weighted by molar-refractivity contribution is 0.289. The summed E-state index contributed by atoms with van der Waals surface area (Å²) in [5.74, 6) is 1.26. The van der Waals surface area contributed by atoms with Gasteiger partial charge in [-0.25, -0.2) is 4.98 Å². The number of nitrogens with zero attached hydrogens (tertiary/aromatic N) is 2. The second kappa shape index (κ2) is 7.64. The fourth-order valence-corrected chi connectivity index (χ4v) is 2.74. The molecule has 1 saturated heterocycles. The van der Waals surface area contributed by atoms with Gasteiger partial charge in [0.1, 0.15) is 0 Å². The standard InChI is InChI=1S/C17H21BN2O4/c1-3-4-23-16-6-14(10-20-17(16)22-2)12-5-13(9-19-8-12)15-7-18(21)24-11-15/h5-6,8-10,15,21H,3-4,7,11H2,1-2H3. The highest BCUT2D eigenvalue weighted by Gasteiger charge is 2.30. The van der Waals surface area contributed by atoms with Crippen molar-refractivity contribution in [2.75, 3.05) is 20.3 Å². The molecule has 0 aromatic carbocycles. The van der Waals surface area contributed by atoms with Crippen molar-refractivity contribution < 1.29 is 19.2 Å². The predicted molar refractivity (Wildman–Crippen MR) is 91.3 cm³/mol. The van der Waals surface area contributed by atoms with Gasteiger partial charge in [-0.3, -0.25) is 4.98 Å². The van der Waals surface area contributed by atoms with E-state index in [9.17, 15) is 5.02 Å². The molecule has 7 heteroatoms. The van der Waals surface area contributed by atoms with Crippen molar-refractivity contribution >= 4 is 7.12 Å². The van der Waals surface area contributed by atoms with Gasteiger partial charge in [-0.2, -0.15) is 0 Å². The summed E-state index contributed by atoms with van der Waals surface area (Å²) in [4.78, 5) is 8.65. The monoisotopic (exact) mass is 328 g/mol. The molecule has 0 spiro atoms. The van der Waals surface area contributed by atoms with E-state index in [-0.39, 0.29) is 5.92 Å². The Morgan fingerprint density at radius 1 is 1.29 bits per heavy atom. The largest absolute Gasteiger partial charge is 0.488 e. The molecule has 0 amide bonds. The predicted octanol–water partition coefficient (Wildman–Crippen LogP) is 2.54. The maximum absolute atomic E-state index is 9.54.